The molecule has 3 aromatic rings. The van der Waals surface area contributed by atoms with Crippen molar-refractivity contribution in [3.05, 3.63) is 53.3 Å². The Labute approximate surface area is 181 Å². The Hall–Kier alpha value is -2.71. The Morgan fingerprint density at radius 1 is 1.10 bits per heavy atom. The Bertz CT molecular complexity index is 979. The largest absolute Gasteiger partial charge is 0.497 e. The lowest BCUT2D eigenvalue weighted by molar-refractivity contribution is 0.393. The molecule has 7 nitrogen and oxygen atoms in total. The third-order valence-electron chi connectivity index (χ3n) is 5.08. The van der Waals surface area contributed by atoms with Gasteiger partial charge in [-0.05, 0) is 49.7 Å². The second kappa shape index (κ2) is 9.40. The smallest absolute Gasteiger partial charge is 0.152 e. The summed E-state index contributed by atoms with van der Waals surface area (Å²) in [6.07, 6.45) is 1.11. The topological polar surface area (TPSA) is 84.1 Å². The van der Waals surface area contributed by atoms with E-state index in [4.69, 9.17) is 14.5 Å². The quantitative estimate of drug-likeness (QED) is 0.466. The van der Waals surface area contributed by atoms with Gasteiger partial charge in [-0.15, -0.1) is 11.8 Å². The van der Waals surface area contributed by atoms with Crippen molar-refractivity contribution >= 4 is 23.3 Å². The third-order valence-corrected chi connectivity index (χ3v) is 6.06. The molecule has 4 rings (SSSR count). The molecule has 1 aromatic carbocycles. The molecule has 30 heavy (non-hydrogen) atoms. The molecule has 1 saturated heterocycles. The first-order chi connectivity index (χ1) is 14.6. The van der Waals surface area contributed by atoms with Crippen molar-refractivity contribution in [2.45, 2.75) is 30.0 Å². The van der Waals surface area contributed by atoms with Gasteiger partial charge < -0.3 is 20.1 Å². The number of anilines is 2. The summed E-state index contributed by atoms with van der Waals surface area (Å²) in [5, 5.41) is 15.1. The van der Waals surface area contributed by atoms with Crippen molar-refractivity contribution in [1.29, 1.82) is 0 Å². The van der Waals surface area contributed by atoms with E-state index < -0.39 is 0 Å². The van der Waals surface area contributed by atoms with E-state index in [1.54, 1.807) is 26.0 Å². The lowest BCUT2D eigenvalue weighted by atomic mass is 10.0. The number of rotatable bonds is 8. The molecule has 1 aliphatic rings. The number of benzene rings is 1. The maximum atomic E-state index is 5.39. The number of hydrogen-bond donors (Lipinski definition) is 3. The first kappa shape index (κ1) is 20.6. The Kier molecular flexibility index (Phi) is 6.44. The fourth-order valence-corrected chi connectivity index (χ4v) is 4.39. The molecular formula is C22H27N5O2S. The van der Waals surface area contributed by atoms with Crippen LogP contribution in [-0.2, 0) is 5.75 Å². The number of pyridine rings is 1. The van der Waals surface area contributed by atoms with Gasteiger partial charge in [0.25, 0.3) is 0 Å². The standard InChI is InChI=1S/C22H27N5O2S/c1-14-6-21(27-26-14)24-17-9-20(16-4-5-23-12-16)25-22(10-17)30-13-15-7-18(28-2)11-19(8-15)29-3/h6-11,16,23H,4-5,12-13H2,1-3H3,(H2,24,25,26,27). The zero-order chi connectivity index (χ0) is 20.9. The molecule has 1 aliphatic heterocycles. The van der Waals surface area contributed by atoms with E-state index in [1.165, 1.54) is 0 Å². The van der Waals surface area contributed by atoms with Crippen LogP contribution in [0.1, 0.15) is 29.3 Å². The zero-order valence-corrected chi connectivity index (χ0v) is 18.3. The number of hydrogen-bond acceptors (Lipinski definition) is 7. The first-order valence-electron chi connectivity index (χ1n) is 9.99. The highest BCUT2D eigenvalue weighted by molar-refractivity contribution is 7.98. The van der Waals surface area contributed by atoms with Gasteiger partial charge in [-0.2, -0.15) is 5.10 Å². The predicted molar refractivity (Wildman–Crippen MR) is 120 cm³/mol. The summed E-state index contributed by atoms with van der Waals surface area (Å²) < 4.78 is 10.8. The van der Waals surface area contributed by atoms with Gasteiger partial charge in [-0.25, -0.2) is 4.98 Å². The highest BCUT2D eigenvalue weighted by atomic mass is 32.2. The summed E-state index contributed by atoms with van der Waals surface area (Å²) in [6.45, 7) is 3.99. The second-order valence-electron chi connectivity index (χ2n) is 7.38. The highest BCUT2D eigenvalue weighted by Crippen LogP contribution is 2.32. The average molecular weight is 426 g/mol. The van der Waals surface area contributed by atoms with Crippen LogP contribution in [0.2, 0.25) is 0 Å². The number of aryl methyl sites for hydroxylation is 1. The van der Waals surface area contributed by atoms with E-state index >= 15 is 0 Å². The first-order valence-corrected chi connectivity index (χ1v) is 11.0. The fraction of sp³-hybridized carbons (Fsp3) is 0.364. The number of H-pyrrole nitrogens is 1. The molecule has 1 fully saturated rings. The predicted octanol–water partition coefficient (Wildman–Crippen LogP) is 4.24. The van der Waals surface area contributed by atoms with Crippen LogP contribution < -0.4 is 20.1 Å². The Morgan fingerprint density at radius 2 is 1.90 bits per heavy atom. The molecule has 158 valence electrons. The van der Waals surface area contributed by atoms with Crippen molar-refractivity contribution in [1.82, 2.24) is 20.5 Å². The summed E-state index contributed by atoms with van der Waals surface area (Å²) in [7, 11) is 3.34. The van der Waals surface area contributed by atoms with Crippen molar-refractivity contribution < 1.29 is 9.47 Å². The molecule has 0 saturated carbocycles. The number of thioether (sulfide) groups is 1. The van der Waals surface area contributed by atoms with Crippen LogP contribution >= 0.6 is 11.8 Å². The van der Waals surface area contributed by atoms with Crippen LogP contribution in [0.5, 0.6) is 11.5 Å². The van der Waals surface area contributed by atoms with Gasteiger partial charge in [0.15, 0.2) is 5.82 Å². The lowest BCUT2D eigenvalue weighted by Gasteiger charge is -2.14. The van der Waals surface area contributed by atoms with Gasteiger partial charge in [0.05, 0.1) is 19.2 Å². The summed E-state index contributed by atoms with van der Waals surface area (Å²) >= 11 is 1.70. The summed E-state index contributed by atoms with van der Waals surface area (Å²) in [5.74, 6) is 3.60. The van der Waals surface area contributed by atoms with Crippen LogP contribution in [0.4, 0.5) is 11.5 Å². The van der Waals surface area contributed by atoms with E-state index in [9.17, 15) is 0 Å². The van der Waals surface area contributed by atoms with Gasteiger partial charge in [0.2, 0.25) is 0 Å². The van der Waals surface area contributed by atoms with Crippen molar-refractivity contribution in [3.8, 4) is 11.5 Å². The van der Waals surface area contributed by atoms with Crippen molar-refractivity contribution in [3.63, 3.8) is 0 Å². The normalized spacial score (nSPS) is 15.9. The molecule has 0 aliphatic carbocycles. The molecule has 0 amide bonds. The zero-order valence-electron chi connectivity index (χ0n) is 17.5. The molecule has 1 atom stereocenters. The van der Waals surface area contributed by atoms with Gasteiger partial charge in [0, 0.05) is 47.4 Å². The second-order valence-corrected chi connectivity index (χ2v) is 8.38. The average Bonchev–Trinajstić information content (AvgIpc) is 3.44. The molecule has 3 heterocycles. The number of nitrogens with zero attached hydrogens (tertiary/aromatic N) is 2. The van der Waals surface area contributed by atoms with Crippen molar-refractivity contribution in [2.24, 2.45) is 0 Å². The number of methoxy groups -OCH3 is 2. The van der Waals surface area contributed by atoms with Gasteiger partial charge in [0.1, 0.15) is 11.5 Å². The van der Waals surface area contributed by atoms with Gasteiger partial charge in [-0.1, -0.05) is 0 Å². The van der Waals surface area contributed by atoms with E-state index in [0.717, 1.165) is 70.2 Å². The van der Waals surface area contributed by atoms with Crippen LogP contribution in [0.25, 0.3) is 0 Å². The maximum absolute atomic E-state index is 5.39. The summed E-state index contributed by atoms with van der Waals surface area (Å²) in [4.78, 5) is 4.95. The van der Waals surface area contributed by atoms with E-state index in [-0.39, 0.29) is 0 Å². The van der Waals surface area contributed by atoms with Crippen LogP contribution in [-0.4, -0.2) is 42.5 Å². The minimum atomic E-state index is 0.434. The van der Waals surface area contributed by atoms with E-state index in [0.29, 0.717) is 5.92 Å². The third kappa shape index (κ3) is 5.06. The minimum absolute atomic E-state index is 0.434. The Morgan fingerprint density at radius 3 is 2.53 bits per heavy atom. The molecule has 3 N–H and O–H groups in total. The SMILES string of the molecule is COc1cc(CSc2cc(Nc3cc(C)[nH]n3)cc(C3CCNC3)n2)cc(OC)c1. The van der Waals surface area contributed by atoms with E-state index in [2.05, 4.69) is 33.0 Å². The fourth-order valence-electron chi connectivity index (χ4n) is 3.53. The molecular weight excluding hydrogens is 398 g/mol. The molecule has 0 radical (unpaired) electrons. The molecule has 0 bridgehead atoms. The Balaban J connectivity index is 1.56. The number of aromatic nitrogens is 3. The maximum Gasteiger partial charge on any atom is 0.152 e. The highest BCUT2D eigenvalue weighted by Gasteiger charge is 2.19. The molecule has 1 unspecified atom stereocenters. The number of ether oxygens (including phenoxy) is 2. The van der Waals surface area contributed by atoms with E-state index in [1.807, 2.05) is 31.2 Å². The summed E-state index contributed by atoms with van der Waals surface area (Å²) in [5.41, 5.74) is 4.27. The molecule has 0 spiro atoms. The lowest BCUT2D eigenvalue weighted by Crippen LogP contribution is -2.09. The van der Waals surface area contributed by atoms with Crippen LogP contribution in [0.3, 0.4) is 0 Å². The number of aromatic amines is 1. The van der Waals surface area contributed by atoms with Crippen LogP contribution in [0.15, 0.2) is 41.4 Å². The molecule has 2 aromatic heterocycles. The van der Waals surface area contributed by atoms with Gasteiger partial charge in [-0.3, -0.25) is 5.10 Å². The minimum Gasteiger partial charge on any atom is -0.497 e. The van der Waals surface area contributed by atoms with Gasteiger partial charge >= 0.3 is 0 Å². The molecule has 8 heteroatoms. The monoisotopic (exact) mass is 425 g/mol. The van der Waals surface area contributed by atoms with Crippen LogP contribution in [0, 0.1) is 6.92 Å². The number of nitrogens with one attached hydrogen (secondary N) is 3. The van der Waals surface area contributed by atoms with Crippen molar-refractivity contribution in [2.75, 3.05) is 32.6 Å². The summed E-state index contributed by atoms with van der Waals surface area (Å²) in [6, 6.07) is 12.2.